The molecule has 0 unspecified atom stereocenters. The van der Waals surface area contributed by atoms with Gasteiger partial charge in [-0.2, -0.15) is 5.10 Å². The molecule has 0 saturated carbocycles. The monoisotopic (exact) mass is 403 g/mol. The molecule has 8 nitrogen and oxygen atoms in total. The van der Waals surface area contributed by atoms with Gasteiger partial charge in [0, 0.05) is 0 Å². The van der Waals surface area contributed by atoms with Crippen LogP contribution in [0.2, 0.25) is 0 Å². The van der Waals surface area contributed by atoms with Gasteiger partial charge in [-0.05, 0) is 35.9 Å². The number of methoxy groups -OCH3 is 1. The normalized spacial score (nSPS) is 11.2. The lowest BCUT2D eigenvalue weighted by molar-refractivity contribution is -0.119. The summed E-state index contributed by atoms with van der Waals surface area (Å²) < 4.78 is 37.0. The Morgan fingerprint density at radius 1 is 1.18 bits per heavy atom. The molecule has 28 heavy (non-hydrogen) atoms. The lowest BCUT2D eigenvalue weighted by Crippen LogP contribution is -2.34. The molecule has 148 valence electrons. The molecule has 0 radical (unpaired) electrons. The van der Waals surface area contributed by atoms with Gasteiger partial charge in [0.1, 0.15) is 6.61 Å². The van der Waals surface area contributed by atoms with Crippen molar-refractivity contribution in [1.82, 2.24) is 10.1 Å². The van der Waals surface area contributed by atoms with E-state index in [1.165, 1.54) is 25.5 Å². The van der Waals surface area contributed by atoms with Crippen LogP contribution >= 0.6 is 0 Å². The van der Waals surface area contributed by atoms with Crippen molar-refractivity contribution in [1.29, 1.82) is 0 Å². The maximum atomic E-state index is 12.0. The molecule has 1 amide bonds. The third-order valence-corrected chi connectivity index (χ3v) is 4.84. The zero-order chi connectivity index (χ0) is 20.4. The molecule has 0 spiro atoms. The molecule has 2 N–H and O–H groups in total. The molecular formula is C19H21N3O5S. The Hall–Kier alpha value is -3.17. The first kappa shape index (κ1) is 21.1. The third-order valence-electron chi connectivity index (χ3n) is 3.42. The van der Waals surface area contributed by atoms with E-state index in [1.807, 2.05) is 0 Å². The van der Waals surface area contributed by atoms with Crippen LogP contribution in [0.3, 0.4) is 0 Å². The maximum Gasteiger partial charge on any atom is 0.255 e. The summed E-state index contributed by atoms with van der Waals surface area (Å²) in [6.45, 7) is 3.49. The van der Waals surface area contributed by atoms with Crippen LogP contribution in [0.4, 0.5) is 0 Å². The van der Waals surface area contributed by atoms with Crippen LogP contribution in [-0.2, 0) is 14.8 Å². The van der Waals surface area contributed by atoms with Crippen LogP contribution < -0.4 is 19.6 Å². The molecule has 2 aromatic rings. The van der Waals surface area contributed by atoms with Crippen molar-refractivity contribution in [2.45, 2.75) is 4.90 Å². The minimum atomic E-state index is -3.75. The van der Waals surface area contributed by atoms with E-state index in [9.17, 15) is 13.2 Å². The number of hydrogen-bond acceptors (Lipinski definition) is 6. The SMILES string of the molecule is C=CCOc1ccc(/C=N\NC(=O)CNS(=O)(=O)c2ccccc2)cc1OC. The number of carbonyl (C=O) groups is 1. The highest BCUT2D eigenvalue weighted by Crippen LogP contribution is 2.27. The summed E-state index contributed by atoms with van der Waals surface area (Å²) in [4.78, 5) is 11.9. The largest absolute Gasteiger partial charge is 0.493 e. The molecule has 0 bridgehead atoms. The molecule has 2 aromatic carbocycles. The topological polar surface area (TPSA) is 106 Å². The Kier molecular flexibility index (Phi) is 7.73. The first-order chi connectivity index (χ1) is 13.5. The minimum Gasteiger partial charge on any atom is -0.493 e. The number of hydrogen-bond donors (Lipinski definition) is 2. The fourth-order valence-electron chi connectivity index (χ4n) is 2.09. The summed E-state index contributed by atoms with van der Waals surface area (Å²) in [6, 6.07) is 12.9. The molecule has 0 aromatic heterocycles. The number of hydrazone groups is 1. The lowest BCUT2D eigenvalue weighted by atomic mass is 10.2. The number of nitrogens with zero attached hydrogens (tertiary/aromatic N) is 1. The second-order valence-electron chi connectivity index (χ2n) is 5.44. The molecule has 0 aliphatic rings. The van der Waals surface area contributed by atoms with Crippen LogP contribution in [-0.4, -0.2) is 40.8 Å². The lowest BCUT2D eigenvalue weighted by Gasteiger charge is -2.09. The predicted molar refractivity (Wildman–Crippen MR) is 106 cm³/mol. The average Bonchev–Trinajstić information content (AvgIpc) is 2.72. The van der Waals surface area contributed by atoms with Gasteiger partial charge >= 0.3 is 0 Å². The van der Waals surface area contributed by atoms with Gasteiger partial charge in [-0.25, -0.2) is 18.6 Å². The summed E-state index contributed by atoms with van der Waals surface area (Å²) in [7, 11) is -2.24. The molecule has 0 aliphatic carbocycles. The second-order valence-corrected chi connectivity index (χ2v) is 7.21. The molecule has 0 heterocycles. The van der Waals surface area contributed by atoms with Crippen molar-refractivity contribution in [2.75, 3.05) is 20.3 Å². The Morgan fingerprint density at radius 2 is 1.93 bits per heavy atom. The fraction of sp³-hybridized carbons (Fsp3) is 0.158. The molecule has 0 aliphatic heterocycles. The third kappa shape index (κ3) is 6.22. The number of carbonyl (C=O) groups excluding carboxylic acids is 1. The highest BCUT2D eigenvalue weighted by atomic mass is 32.2. The van der Waals surface area contributed by atoms with Crippen molar-refractivity contribution in [2.24, 2.45) is 5.10 Å². The number of nitrogens with one attached hydrogen (secondary N) is 2. The van der Waals surface area contributed by atoms with E-state index < -0.39 is 22.5 Å². The minimum absolute atomic E-state index is 0.0807. The van der Waals surface area contributed by atoms with Crippen LogP contribution in [0.1, 0.15) is 5.56 Å². The van der Waals surface area contributed by atoms with Gasteiger partial charge in [0.25, 0.3) is 5.91 Å². The van der Waals surface area contributed by atoms with Gasteiger partial charge in [-0.15, -0.1) is 0 Å². The zero-order valence-corrected chi connectivity index (χ0v) is 16.1. The molecule has 9 heteroatoms. The van der Waals surface area contributed by atoms with E-state index in [4.69, 9.17) is 9.47 Å². The van der Waals surface area contributed by atoms with Crippen LogP contribution in [0.25, 0.3) is 0 Å². The van der Waals surface area contributed by atoms with E-state index in [1.54, 1.807) is 42.5 Å². The van der Waals surface area contributed by atoms with E-state index in [0.29, 0.717) is 23.7 Å². The summed E-state index contributed by atoms with van der Waals surface area (Å²) in [5, 5.41) is 3.81. The summed E-state index contributed by atoms with van der Waals surface area (Å²) in [6.07, 6.45) is 3.03. The standard InChI is InChI=1S/C19H21N3O5S/c1-3-11-27-17-10-9-15(12-18(17)26-2)13-20-22-19(23)14-21-28(24,25)16-7-5-4-6-8-16/h3-10,12-13,21H,1,11,14H2,2H3,(H,22,23)/b20-13-. The fourth-order valence-corrected chi connectivity index (χ4v) is 3.10. The molecular weight excluding hydrogens is 382 g/mol. The zero-order valence-electron chi connectivity index (χ0n) is 15.3. The first-order valence-corrected chi connectivity index (χ1v) is 9.73. The number of amides is 1. The predicted octanol–water partition coefficient (Wildman–Crippen LogP) is 1.69. The summed E-state index contributed by atoms with van der Waals surface area (Å²) in [5.74, 6) is 0.459. The Bertz CT molecular complexity index is 943. The number of sulfonamides is 1. The first-order valence-electron chi connectivity index (χ1n) is 8.24. The van der Waals surface area contributed by atoms with E-state index >= 15 is 0 Å². The Morgan fingerprint density at radius 3 is 2.61 bits per heavy atom. The Balaban J connectivity index is 1.90. The number of benzene rings is 2. The maximum absolute atomic E-state index is 12.0. The van der Waals surface area contributed by atoms with Crippen LogP contribution in [0.5, 0.6) is 11.5 Å². The van der Waals surface area contributed by atoms with Gasteiger partial charge < -0.3 is 9.47 Å². The Labute approximate surface area is 163 Å². The number of ether oxygens (including phenoxy) is 2. The van der Waals surface area contributed by atoms with Gasteiger partial charge in [-0.1, -0.05) is 30.9 Å². The van der Waals surface area contributed by atoms with Gasteiger partial charge in [0.2, 0.25) is 10.0 Å². The van der Waals surface area contributed by atoms with Crippen molar-refractivity contribution in [3.05, 3.63) is 66.7 Å². The molecule has 0 atom stereocenters. The van der Waals surface area contributed by atoms with Crippen molar-refractivity contribution < 1.29 is 22.7 Å². The molecule has 0 saturated heterocycles. The van der Waals surface area contributed by atoms with Crippen molar-refractivity contribution in [3.8, 4) is 11.5 Å². The molecule has 0 fully saturated rings. The van der Waals surface area contributed by atoms with Crippen molar-refractivity contribution >= 4 is 22.1 Å². The van der Waals surface area contributed by atoms with Crippen LogP contribution in [0.15, 0.2) is 71.2 Å². The van der Waals surface area contributed by atoms with Crippen molar-refractivity contribution in [3.63, 3.8) is 0 Å². The smallest absolute Gasteiger partial charge is 0.255 e. The van der Waals surface area contributed by atoms with Crippen LogP contribution in [0, 0.1) is 0 Å². The number of rotatable bonds is 10. The quantitative estimate of drug-likeness (QED) is 0.357. The van der Waals surface area contributed by atoms with Gasteiger partial charge in [0.15, 0.2) is 11.5 Å². The summed E-state index contributed by atoms with van der Waals surface area (Å²) >= 11 is 0. The summed E-state index contributed by atoms with van der Waals surface area (Å²) in [5.41, 5.74) is 2.92. The van der Waals surface area contributed by atoms with E-state index in [0.717, 1.165) is 0 Å². The highest BCUT2D eigenvalue weighted by Gasteiger charge is 2.14. The highest BCUT2D eigenvalue weighted by molar-refractivity contribution is 7.89. The second kappa shape index (κ2) is 10.2. The van der Waals surface area contributed by atoms with E-state index in [-0.39, 0.29) is 4.90 Å². The molecule has 2 rings (SSSR count). The van der Waals surface area contributed by atoms with Gasteiger partial charge in [-0.3, -0.25) is 4.79 Å². The average molecular weight is 403 g/mol. The van der Waals surface area contributed by atoms with E-state index in [2.05, 4.69) is 21.8 Å². The van der Waals surface area contributed by atoms with Gasteiger partial charge in [0.05, 0.1) is 24.8 Å².